The van der Waals surface area contributed by atoms with Crippen molar-refractivity contribution in [2.45, 2.75) is 71.4 Å². The maximum atomic E-state index is 5.42. The molecule has 3 rings (SSSR count). The molecule has 2 aromatic rings. The second-order valence-corrected chi connectivity index (χ2v) is 6.65. The molecule has 2 aromatic heterocycles. The molecule has 1 saturated carbocycles. The van der Waals surface area contributed by atoms with Gasteiger partial charge in [0.2, 0.25) is 5.89 Å². The van der Waals surface area contributed by atoms with Gasteiger partial charge in [-0.1, -0.05) is 31.8 Å². The summed E-state index contributed by atoms with van der Waals surface area (Å²) < 4.78 is 5.42. The first-order chi connectivity index (χ1) is 10.5. The smallest absolute Gasteiger partial charge is 0.229 e. The Kier molecular flexibility index (Phi) is 4.04. The van der Waals surface area contributed by atoms with Crippen LogP contribution in [-0.2, 0) is 12.1 Å². The summed E-state index contributed by atoms with van der Waals surface area (Å²) in [5.74, 6) is 2.74. The highest BCUT2D eigenvalue weighted by Gasteiger charge is 2.40. The molecule has 0 bridgehead atoms. The molecule has 6 heteroatoms. The molecule has 0 radical (unpaired) electrons. The predicted octanol–water partition coefficient (Wildman–Crippen LogP) is 3.09. The Morgan fingerprint density at radius 3 is 2.50 bits per heavy atom. The normalized spacial score (nSPS) is 17.5. The van der Waals surface area contributed by atoms with E-state index in [1.165, 1.54) is 12.8 Å². The van der Waals surface area contributed by atoms with E-state index in [1.807, 2.05) is 6.92 Å². The van der Waals surface area contributed by atoms with Gasteiger partial charge >= 0.3 is 0 Å². The molecule has 6 nitrogen and oxygen atoms in total. The lowest BCUT2D eigenvalue weighted by atomic mass is 9.96. The number of aromatic nitrogens is 4. The van der Waals surface area contributed by atoms with E-state index in [0.29, 0.717) is 0 Å². The molecule has 2 heterocycles. The van der Waals surface area contributed by atoms with Crippen LogP contribution in [0.3, 0.4) is 0 Å². The average molecular weight is 303 g/mol. The Hall–Kier alpha value is -1.69. The number of aromatic amines is 1. The Balaban J connectivity index is 1.80. The molecule has 120 valence electrons. The van der Waals surface area contributed by atoms with Gasteiger partial charge < -0.3 is 9.51 Å². The van der Waals surface area contributed by atoms with E-state index in [2.05, 4.69) is 46.2 Å². The van der Waals surface area contributed by atoms with Gasteiger partial charge in [-0.25, -0.2) is 4.98 Å². The lowest BCUT2D eigenvalue weighted by molar-refractivity contribution is 0.293. The van der Waals surface area contributed by atoms with Crippen molar-refractivity contribution in [1.82, 2.24) is 25.4 Å². The lowest BCUT2D eigenvalue weighted by Gasteiger charge is -2.26. The minimum absolute atomic E-state index is 0.171. The maximum Gasteiger partial charge on any atom is 0.229 e. The summed E-state index contributed by atoms with van der Waals surface area (Å²) in [6.45, 7) is 8.91. The molecule has 0 atom stereocenters. The average Bonchev–Trinajstić information content (AvgIpc) is 3.16. The summed E-state index contributed by atoms with van der Waals surface area (Å²) in [7, 11) is 0. The zero-order valence-electron chi connectivity index (χ0n) is 13.9. The monoisotopic (exact) mass is 303 g/mol. The van der Waals surface area contributed by atoms with Crippen molar-refractivity contribution in [2.24, 2.45) is 0 Å². The summed E-state index contributed by atoms with van der Waals surface area (Å²) in [6, 6.07) is 0. The molecule has 22 heavy (non-hydrogen) atoms. The van der Waals surface area contributed by atoms with E-state index in [1.54, 1.807) is 0 Å². The van der Waals surface area contributed by atoms with Crippen LogP contribution in [0.4, 0.5) is 0 Å². The van der Waals surface area contributed by atoms with Crippen molar-refractivity contribution in [3.05, 3.63) is 28.9 Å². The van der Waals surface area contributed by atoms with Crippen LogP contribution >= 0.6 is 0 Å². The van der Waals surface area contributed by atoms with Crippen LogP contribution in [-0.4, -0.2) is 20.1 Å². The maximum absolute atomic E-state index is 5.42. The second kappa shape index (κ2) is 5.83. The van der Waals surface area contributed by atoms with Crippen LogP contribution < -0.4 is 5.32 Å². The molecule has 2 N–H and O–H groups in total. The van der Waals surface area contributed by atoms with Crippen LogP contribution in [0.5, 0.6) is 0 Å². The van der Waals surface area contributed by atoms with Crippen molar-refractivity contribution in [3.8, 4) is 0 Å². The van der Waals surface area contributed by atoms with Gasteiger partial charge in [0.1, 0.15) is 5.82 Å². The molecule has 0 unspecified atom stereocenters. The van der Waals surface area contributed by atoms with E-state index < -0.39 is 0 Å². The highest BCUT2D eigenvalue weighted by Crippen LogP contribution is 2.38. The summed E-state index contributed by atoms with van der Waals surface area (Å²) in [5, 5.41) is 7.92. The molecule has 0 saturated heterocycles. The number of hydrogen-bond donors (Lipinski definition) is 2. The standard InChI is InChI=1S/C16H25N5O/c1-10(2)14-20-15(21-22-14)16(7-5-6-8-16)17-9-13-11(3)18-12(4)19-13/h10,17H,5-9H2,1-4H3,(H,18,19). The number of nitrogens with zero attached hydrogens (tertiary/aromatic N) is 3. The van der Waals surface area contributed by atoms with Crippen molar-refractivity contribution in [2.75, 3.05) is 0 Å². The minimum Gasteiger partial charge on any atom is -0.346 e. The van der Waals surface area contributed by atoms with E-state index in [4.69, 9.17) is 4.52 Å². The summed E-state index contributed by atoms with van der Waals surface area (Å²) in [5.41, 5.74) is 2.01. The largest absolute Gasteiger partial charge is 0.346 e. The fourth-order valence-corrected chi connectivity index (χ4v) is 3.20. The zero-order valence-corrected chi connectivity index (χ0v) is 13.9. The molecule has 1 aliphatic carbocycles. The number of rotatable bonds is 5. The molecule has 1 fully saturated rings. The third kappa shape index (κ3) is 2.79. The minimum atomic E-state index is -0.171. The molecular weight excluding hydrogens is 278 g/mol. The molecule has 0 aliphatic heterocycles. The highest BCUT2D eigenvalue weighted by atomic mass is 16.5. The summed E-state index contributed by atoms with van der Waals surface area (Å²) >= 11 is 0. The predicted molar refractivity (Wildman–Crippen MR) is 83.4 cm³/mol. The van der Waals surface area contributed by atoms with Crippen molar-refractivity contribution >= 4 is 0 Å². The Bertz CT molecular complexity index is 637. The molecule has 0 amide bonds. The van der Waals surface area contributed by atoms with E-state index >= 15 is 0 Å². The number of nitrogens with one attached hydrogen (secondary N) is 2. The van der Waals surface area contributed by atoms with Crippen molar-refractivity contribution in [3.63, 3.8) is 0 Å². The van der Waals surface area contributed by atoms with Gasteiger partial charge in [0.25, 0.3) is 0 Å². The summed E-state index contributed by atoms with van der Waals surface area (Å²) in [4.78, 5) is 12.4. The highest BCUT2D eigenvalue weighted by molar-refractivity contribution is 5.15. The van der Waals surface area contributed by atoms with E-state index in [9.17, 15) is 0 Å². The third-order valence-electron chi connectivity index (χ3n) is 4.52. The van der Waals surface area contributed by atoms with Crippen molar-refractivity contribution < 1.29 is 4.52 Å². The van der Waals surface area contributed by atoms with Gasteiger partial charge in [0, 0.05) is 18.2 Å². The quantitative estimate of drug-likeness (QED) is 0.887. The number of H-pyrrole nitrogens is 1. The fourth-order valence-electron chi connectivity index (χ4n) is 3.20. The summed E-state index contributed by atoms with van der Waals surface area (Å²) in [6.07, 6.45) is 4.48. The van der Waals surface area contributed by atoms with Crippen LogP contribution in [0.2, 0.25) is 0 Å². The van der Waals surface area contributed by atoms with E-state index in [-0.39, 0.29) is 11.5 Å². The van der Waals surface area contributed by atoms with Gasteiger partial charge in [-0.15, -0.1) is 0 Å². The Morgan fingerprint density at radius 2 is 1.95 bits per heavy atom. The SMILES string of the molecule is Cc1nc(CNC2(c3noc(C(C)C)n3)CCCC2)c(C)[nH]1. The van der Waals surface area contributed by atoms with Crippen molar-refractivity contribution in [1.29, 1.82) is 0 Å². The zero-order chi connectivity index (χ0) is 15.7. The number of imidazole rings is 1. The fraction of sp³-hybridized carbons (Fsp3) is 0.688. The van der Waals surface area contributed by atoms with Gasteiger partial charge in [-0.3, -0.25) is 5.32 Å². The first kappa shape index (κ1) is 15.2. The topological polar surface area (TPSA) is 79.6 Å². The van der Waals surface area contributed by atoms with Gasteiger partial charge in [-0.05, 0) is 26.7 Å². The Morgan fingerprint density at radius 1 is 1.23 bits per heavy atom. The number of aryl methyl sites for hydroxylation is 2. The van der Waals surface area contributed by atoms with Gasteiger partial charge in [0.15, 0.2) is 5.82 Å². The van der Waals surface area contributed by atoms with Gasteiger partial charge in [0.05, 0.1) is 11.2 Å². The second-order valence-electron chi connectivity index (χ2n) is 6.65. The number of hydrogen-bond acceptors (Lipinski definition) is 5. The van der Waals surface area contributed by atoms with Gasteiger partial charge in [-0.2, -0.15) is 4.98 Å². The third-order valence-corrected chi connectivity index (χ3v) is 4.52. The molecule has 0 spiro atoms. The first-order valence-corrected chi connectivity index (χ1v) is 8.11. The first-order valence-electron chi connectivity index (χ1n) is 8.11. The van der Waals surface area contributed by atoms with Crippen LogP contribution in [0.25, 0.3) is 0 Å². The Labute approximate surface area is 131 Å². The molecule has 0 aromatic carbocycles. The molecule has 1 aliphatic rings. The van der Waals surface area contributed by atoms with E-state index in [0.717, 1.165) is 48.3 Å². The van der Waals surface area contributed by atoms with Crippen LogP contribution in [0.1, 0.15) is 74.4 Å². The van der Waals surface area contributed by atoms with Crippen LogP contribution in [0, 0.1) is 13.8 Å². The van der Waals surface area contributed by atoms with Crippen LogP contribution in [0.15, 0.2) is 4.52 Å². The molecular formula is C16H25N5O. The lowest BCUT2D eigenvalue weighted by Crippen LogP contribution is -2.40.